The fourth-order valence-corrected chi connectivity index (χ4v) is 1.84. The van der Waals surface area contributed by atoms with Crippen LogP contribution in [-0.4, -0.2) is 30.0 Å². The maximum atomic E-state index is 8.74. The average molecular weight is 325 g/mol. The van der Waals surface area contributed by atoms with Crippen molar-refractivity contribution in [1.82, 2.24) is 5.32 Å². The van der Waals surface area contributed by atoms with E-state index in [0.29, 0.717) is 0 Å². The van der Waals surface area contributed by atoms with E-state index >= 15 is 0 Å². The van der Waals surface area contributed by atoms with E-state index in [4.69, 9.17) is 28.7 Å². The molecule has 0 rings (SSSR count). The van der Waals surface area contributed by atoms with Gasteiger partial charge in [0.05, 0.1) is 0 Å². The van der Waals surface area contributed by atoms with Gasteiger partial charge in [0, 0.05) is 6.54 Å². The normalized spacial score (nSPS) is 10.6. The first-order valence-electron chi connectivity index (χ1n) is 7.55. The molecule has 6 N–H and O–H groups in total. The molecule has 0 aromatic heterocycles. The topological polar surface area (TPSA) is 136 Å². The van der Waals surface area contributed by atoms with E-state index in [1.54, 1.807) is 0 Å². The van der Waals surface area contributed by atoms with Gasteiger partial charge in [-0.1, -0.05) is 64.7 Å². The molecule has 21 heavy (non-hydrogen) atoms. The van der Waals surface area contributed by atoms with Crippen molar-refractivity contribution in [1.29, 1.82) is 5.41 Å². The first-order valence-corrected chi connectivity index (χ1v) is 8.94. The molecule has 0 saturated carbocycles. The van der Waals surface area contributed by atoms with Crippen LogP contribution in [0.15, 0.2) is 0 Å². The van der Waals surface area contributed by atoms with Gasteiger partial charge in [0.1, 0.15) is 0 Å². The zero-order chi connectivity index (χ0) is 16.6. The van der Waals surface area contributed by atoms with Gasteiger partial charge >= 0.3 is 10.4 Å². The van der Waals surface area contributed by atoms with Crippen molar-refractivity contribution in [2.24, 2.45) is 5.73 Å². The summed E-state index contributed by atoms with van der Waals surface area (Å²) in [5, 5.41) is 9.82. The second-order valence-electron chi connectivity index (χ2n) is 4.97. The summed E-state index contributed by atoms with van der Waals surface area (Å²) in [5.41, 5.74) is 5.18. The Bertz CT molecular complexity index is 326. The Morgan fingerprint density at radius 1 is 0.952 bits per heavy atom. The predicted molar refractivity (Wildman–Crippen MR) is 85.9 cm³/mol. The van der Waals surface area contributed by atoms with Crippen molar-refractivity contribution < 1.29 is 17.5 Å². The largest absolute Gasteiger partial charge is 0.394 e. The lowest BCUT2D eigenvalue weighted by molar-refractivity contribution is 0.381. The van der Waals surface area contributed by atoms with Gasteiger partial charge in [-0.3, -0.25) is 14.5 Å². The first kappa shape index (κ1) is 22.4. The molecule has 128 valence electrons. The van der Waals surface area contributed by atoms with E-state index in [2.05, 4.69) is 12.2 Å². The second-order valence-corrected chi connectivity index (χ2v) is 5.87. The number of nitrogens with two attached hydrogens (primary N) is 1. The summed E-state index contributed by atoms with van der Waals surface area (Å²) in [6.07, 6.45) is 13.5. The van der Waals surface area contributed by atoms with E-state index in [0.717, 1.165) is 13.0 Å². The van der Waals surface area contributed by atoms with Crippen molar-refractivity contribution in [2.45, 2.75) is 71.1 Å². The molecule has 0 aromatic carbocycles. The Hall–Kier alpha value is -0.860. The molecule has 0 bridgehead atoms. The van der Waals surface area contributed by atoms with Crippen molar-refractivity contribution in [3.63, 3.8) is 0 Å². The summed E-state index contributed by atoms with van der Waals surface area (Å²) in [4.78, 5) is 0. The molecule has 0 heterocycles. The van der Waals surface area contributed by atoms with Crippen molar-refractivity contribution >= 4 is 16.4 Å². The maximum Gasteiger partial charge on any atom is 0.394 e. The van der Waals surface area contributed by atoms with Crippen LogP contribution < -0.4 is 11.1 Å². The van der Waals surface area contributed by atoms with E-state index in [1.807, 2.05) is 0 Å². The summed E-state index contributed by atoms with van der Waals surface area (Å²) >= 11 is 0. The third-order valence-corrected chi connectivity index (χ3v) is 2.85. The number of guanidine groups is 1. The summed E-state index contributed by atoms with van der Waals surface area (Å²) < 4.78 is 31.6. The number of rotatable bonds is 11. The standard InChI is InChI=1S/C13H29N3.H2O4S/c1-2-3-4-5-6-7-8-9-10-11-12-16-13(14)15;1-5(2,3)4/h2-12H2,1H3,(H4,14,15,16);(H2,1,2,3,4). The van der Waals surface area contributed by atoms with Gasteiger partial charge in [-0.25, -0.2) is 0 Å². The van der Waals surface area contributed by atoms with Crippen LogP contribution in [0.2, 0.25) is 0 Å². The first-order chi connectivity index (χ1) is 9.77. The quantitative estimate of drug-likeness (QED) is 0.171. The molecule has 0 atom stereocenters. The van der Waals surface area contributed by atoms with Crippen LogP contribution >= 0.6 is 0 Å². The summed E-state index contributed by atoms with van der Waals surface area (Å²) in [6, 6.07) is 0. The fraction of sp³-hybridized carbons (Fsp3) is 0.923. The van der Waals surface area contributed by atoms with Crippen LogP contribution in [0.3, 0.4) is 0 Å². The SMILES string of the molecule is CCCCCCCCCCCCNC(=N)N.O=S(=O)(O)O. The van der Waals surface area contributed by atoms with Gasteiger partial charge in [-0.05, 0) is 6.42 Å². The third kappa shape index (κ3) is 38.2. The van der Waals surface area contributed by atoms with Crippen molar-refractivity contribution in [3.8, 4) is 0 Å². The van der Waals surface area contributed by atoms with Gasteiger partial charge in [0.15, 0.2) is 5.96 Å². The van der Waals surface area contributed by atoms with Gasteiger partial charge in [0.2, 0.25) is 0 Å². The van der Waals surface area contributed by atoms with Crippen LogP contribution in [0.5, 0.6) is 0 Å². The van der Waals surface area contributed by atoms with Gasteiger partial charge < -0.3 is 11.1 Å². The lowest BCUT2D eigenvalue weighted by atomic mass is 10.1. The molecular weight excluding hydrogens is 294 g/mol. The van der Waals surface area contributed by atoms with E-state index < -0.39 is 10.4 Å². The molecule has 0 spiro atoms. The molecule has 0 aromatic rings. The lowest BCUT2D eigenvalue weighted by Crippen LogP contribution is -2.30. The Morgan fingerprint density at radius 3 is 1.62 bits per heavy atom. The van der Waals surface area contributed by atoms with E-state index in [9.17, 15) is 0 Å². The summed E-state index contributed by atoms with van der Waals surface area (Å²) in [6.45, 7) is 3.11. The zero-order valence-corrected chi connectivity index (χ0v) is 13.8. The average Bonchev–Trinajstić information content (AvgIpc) is 2.33. The molecule has 0 aliphatic rings. The zero-order valence-electron chi connectivity index (χ0n) is 13.0. The molecule has 0 aliphatic carbocycles. The summed E-state index contributed by atoms with van der Waals surface area (Å²) in [5.74, 6) is 0.0934. The third-order valence-electron chi connectivity index (χ3n) is 2.85. The molecule has 0 radical (unpaired) electrons. The minimum Gasteiger partial charge on any atom is -0.370 e. The molecule has 0 aliphatic heterocycles. The highest BCUT2D eigenvalue weighted by Gasteiger charge is 1.92. The number of hydrogen-bond donors (Lipinski definition) is 5. The molecular formula is C13H31N3O4S. The molecule has 0 saturated heterocycles. The molecule has 0 amide bonds. The second kappa shape index (κ2) is 15.5. The highest BCUT2D eigenvalue weighted by molar-refractivity contribution is 7.79. The highest BCUT2D eigenvalue weighted by atomic mass is 32.3. The Kier molecular flexibility index (Phi) is 16.6. The molecule has 0 fully saturated rings. The monoisotopic (exact) mass is 325 g/mol. The minimum atomic E-state index is -4.67. The smallest absolute Gasteiger partial charge is 0.370 e. The van der Waals surface area contributed by atoms with Crippen LogP contribution in [-0.2, 0) is 10.4 Å². The van der Waals surface area contributed by atoms with Crippen LogP contribution in [0.4, 0.5) is 0 Å². The molecule has 8 heteroatoms. The Balaban J connectivity index is 0. The maximum absolute atomic E-state index is 8.74. The summed E-state index contributed by atoms with van der Waals surface area (Å²) in [7, 11) is -4.67. The lowest BCUT2D eigenvalue weighted by Gasteiger charge is -2.03. The van der Waals surface area contributed by atoms with Gasteiger partial charge in [-0.15, -0.1) is 0 Å². The molecule has 0 unspecified atom stereocenters. The number of hydrogen-bond acceptors (Lipinski definition) is 3. The van der Waals surface area contributed by atoms with Crippen molar-refractivity contribution in [3.05, 3.63) is 0 Å². The Morgan fingerprint density at radius 2 is 1.29 bits per heavy atom. The van der Waals surface area contributed by atoms with E-state index in [1.165, 1.54) is 57.8 Å². The predicted octanol–water partition coefficient (Wildman–Crippen LogP) is 2.74. The molecule has 7 nitrogen and oxygen atoms in total. The van der Waals surface area contributed by atoms with Crippen LogP contribution in [0.1, 0.15) is 71.1 Å². The van der Waals surface area contributed by atoms with Crippen LogP contribution in [0, 0.1) is 5.41 Å². The highest BCUT2D eigenvalue weighted by Crippen LogP contribution is 2.10. The van der Waals surface area contributed by atoms with Crippen molar-refractivity contribution in [2.75, 3.05) is 6.54 Å². The van der Waals surface area contributed by atoms with E-state index in [-0.39, 0.29) is 5.96 Å². The van der Waals surface area contributed by atoms with Crippen LogP contribution in [0.25, 0.3) is 0 Å². The minimum absolute atomic E-state index is 0.0934. The van der Waals surface area contributed by atoms with Gasteiger partial charge in [-0.2, -0.15) is 8.42 Å². The Labute approximate surface area is 128 Å². The van der Waals surface area contributed by atoms with Gasteiger partial charge in [0.25, 0.3) is 0 Å². The number of unbranched alkanes of at least 4 members (excludes halogenated alkanes) is 9. The number of nitrogens with one attached hydrogen (secondary N) is 2. The fourth-order valence-electron chi connectivity index (χ4n) is 1.84.